The molecule has 0 bridgehead atoms. The number of rotatable bonds is 5. The Morgan fingerprint density at radius 3 is 2.32 bits per heavy atom. The van der Waals surface area contributed by atoms with Crippen molar-refractivity contribution in [1.29, 1.82) is 0 Å². The molecule has 2 aromatic carbocycles. The zero-order chi connectivity index (χ0) is 17.8. The Bertz CT molecular complexity index is 879. The second-order valence-electron chi connectivity index (χ2n) is 5.60. The maximum atomic E-state index is 13.0. The fraction of sp³-hybridized carbons (Fsp3) is 0.0526. The molecule has 0 unspecified atom stereocenters. The van der Waals surface area contributed by atoms with Gasteiger partial charge in [0.2, 0.25) is 0 Å². The monoisotopic (exact) mass is 336 g/mol. The van der Waals surface area contributed by atoms with Crippen LogP contribution in [0, 0.1) is 5.82 Å². The van der Waals surface area contributed by atoms with Gasteiger partial charge in [0.1, 0.15) is 12.1 Å². The van der Waals surface area contributed by atoms with E-state index >= 15 is 0 Å². The molecule has 0 aliphatic heterocycles. The summed E-state index contributed by atoms with van der Waals surface area (Å²) in [6.45, 7) is 0.338. The number of nitrogens with two attached hydrogens (primary N) is 2. The second-order valence-corrected chi connectivity index (χ2v) is 5.60. The van der Waals surface area contributed by atoms with Crippen LogP contribution >= 0.6 is 0 Å². The minimum atomic E-state index is -0.300. The highest BCUT2D eigenvalue weighted by Gasteiger charge is 2.11. The summed E-state index contributed by atoms with van der Waals surface area (Å²) in [4.78, 5) is 15.3. The van der Waals surface area contributed by atoms with Crippen molar-refractivity contribution in [3.05, 3.63) is 77.6 Å². The van der Waals surface area contributed by atoms with Crippen molar-refractivity contribution in [3.8, 4) is 11.3 Å². The molecule has 0 spiro atoms. The standard InChI is InChI=1S/C19H17FN4O/c20-16-7-3-13(4-8-16)11-24(22)19-17(21)9-10-18(23-19)15-5-1-14(12-25)2-6-15/h1-10,12H,11,21-22H2. The summed E-state index contributed by atoms with van der Waals surface area (Å²) in [7, 11) is 0. The largest absolute Gasteiger partial charge is 0.396 e. The van der Waals surface area contributed by atoms with Crippen LogP contribution in [-0.4, -0.2) is 11.3 Å². The van der Waals surface area contributed by atoms with Crippen LogP contribution < -0.4 is 16.6 Å². The Kier molecular flexibility index (Phi) is 4.72. The molecule has 0 amide bonds. The normalized spacial score (nSPS) is 10.5. The predicted molar refractivity (Wildman–Crippen MR) is 96.2 cm³/mol. The first kappa shape index (κ1) is 16.6. The number of hydrogen-bond acceptors (Lipinski definition) is 5. The lowest BCUT2D eigenvalue weighted by Crippen LogP contribution is -2.31. The quantitative estimate of drug-likeness (QED) is 0.425. The zero-order valence-electron chi connectivity index (χ0n) is 13.4. The van der Waals surface area contributed by atoms with Gasteiger partial charge in [-0.05, 0) is 29.8 Å². The van der Waals surface area contributed by atoms with Gasteiger partial charge in [-0.3, -0.25) is 9.80 Å². The van der Waals surface area contributed by atoms with E-state index in [2.05, 4.69) is 4.98 Å². The molecule has 25 heavy (non-hydrogen) atoms. The number of pyridine rings is 1. The average molecular weight is 336 g/mol. The Morgan fingerprint density at radius 2 is 1.68 bits per heavy atom. The number of nitrogen functional groups attached to an aromatic ring is 1. The number of aromatic nitrogens is 1. The molecule has 4 N–H and O–H groups in total. The van der Waals surface area contributed by atoms with E-state index in [1.807, 2.05) is 12.1 Å². The van der Waals surface area contributed by atoms with Crippen molar-refractivity contribution in [2.75, 3.05) is 10.7 Å². The number of anilines is 2. The van der Waals surface area contributed by atoms with Gasteiger partial charge in [0, 0.05) is 11.1 Å². The van der Waals surface area contributed by atoms with E-state index in [1.54, 1.807) is 36.4 Å². The smallest absolute Gasteiger partial charge is 0.166 e. The summed E-state index contributed by atoms with van der Waals surface area (Å²) in [6, 6.07) is 16.7. The third kappa shape index (κ3) is 3.81. The molecule has 5 nitrogen and oxygen atoms in total. The van der Waals surface area contributed by atoms with Gasteiger partial charge in [0.15, 0.2) is 5.82 Å². The molecule has 126 valence electrons. The van der Waals surface area contributed by atoms with Gasteiger partial charge < -0.3 is 5.73 Å². The first-order valence-electron chi connectivity index (χ1n) is 7.65. The van der Waals surface area contributed by atoms with E-state index in [0.29, 0.717) is 29.3 Å². The highest BCUT2D eigenvalue weighted by molar-refractivity contribution is 5.77. The van der Waals surface area contributed by atoms with E-state index in [1.165, 1.54) is 17.1 Å². The lowest BCUT2D eigenvalue weighted by atomic mass is 10.1. The molecule has 0 radical (unpaired) electrons. The summed E-state index contributed by atoms with van der Waals surface area (Å²) >= 11 is 0. The molecule has 0 aliphatic carbocycles. The molecular weight excluding hydrogens is 319 g/mol. The number of halogens is 1. The summed E-state index contributed by atoms with van der Waals surface area (Å²) < 4.78 is 13.0. The molecule has 6 heteroatoms. The van der Waals surface area contributed by atoms with Crippen LogP contribution in [0.5, 0.6) is 0 Å². The number of nitrogens with zero attached hydrogens (tertiary/aromatic N) is 2. The van der Waals surface area contributed by atoms with Crippen LogP contribution in [0.4, 0.5) is 15.9 Å². The summed E-state index contributed by atoms with van der Waals surface area (Å²) in [6.07, 6.45) is 0.788. The summed E-state index contributed by atoms with van der Waals surface area (Å²) in [5.74, 6) is 6.24. The van der Waals surface area contributed by atoms with Crippen LogP contribution in [0.15, 0.2) is 60.7 Å². The van der Waals surface area contributed by atoms with E-state index in [0.717, 1.165) is 17.4 Å². The van der Waals surface area contributed by atoms with Crippen molar-refractivity contribution in [2.24, 2.45) is 5.84 Å². The third-order valence-electron chi connectivity index (χ3n) is 3.79. The van der Waals surface area contributed by atoms with Crippen LogP contribution in [-0.2, 0) is 6.54 Å². The summed E-state index contributed by atoms with van der Waals surface area (Å²) in [5.41, 5.74) is 9.42. The van der Waals surface area contributed by atoms with Gasteiger partial charge in [-0.15, -0.1) is 0 Å². The maximum Gasteiger partial charge on any atom is 0.166 e. The first-order chi connectivity index (χ1) is 12.1. The topological polar surface area (TPSA) is 85.2 Å². The lowest BCUT2D eigenvalue weighted by Gasteiger charge is -2.20. The molecule has 0 atom stereocenters. The van der Waals surface area contributed by atoms with Crippen molar-refractivity contribution in [1.82, 2.24) is 4.98 Å². The average Bonchev–Trinajstić information content (AvgIpc) is 2.64. The van der Waals surface area contributed by atoms with Gasteiger partial charge in [-0.2, -0.15) is 0 Å². The minimum Gasteiger partial charge on any atom is -0.396 e. The number of carbonyl (C=O) groups is 1. The van der Waals surface area contributed by atoms with Crippen molar-refractivity contribution in [3.63, 3.8) is 0 Å². The van der Waals surface area contributed by atoms with Gasteiger partial charge in [-0.1, -0.05) is 36.4 Å². The molecule has 0 aliphatic rings. The Balaban J connectivity index is 1.87. The highest BCUT2D eigenvalue weighted by Crippen LogP contribution is 2.25. The van der Waals surface area contributed by atoms with Crippen molar-refractivity contribution >= 4 is 17.8 Å². The Morgan fingerprint density at radius 1 is 1.00 bits per heavy atom. The molecule has 0 fully saturated rings. The number of hydrazine groups is 1. The number of benzene rings is 2. The van der Waals surface area contributed by atoms with E-state index < -0.39 is 0 Å². The van der Waals surface area contributed by atoms with Gasteiger partial charge in [0.25, 0.3) is 0 Å². The number of hydrogen-bond donors (Lipinski definition) is 2. The van der Waals surface area contributed by atoms with Gasteiger partial charge >= 0.3 is 0 Å². The third-order valence-corrected chi connectivity index (χ3v) is 3.79. The predicted octanol–water partition coefficient (Wildman–Crippen LogP) is 3.16. The minimum absolute atomic E-state index is 0.300. The van der Waals surface area contributed by atoms with E-state index in [9.17, 15) is 9.18 Å². The fourth-order valence-electron chi connectivity index (χ4n) is 2.44. The molecule has 0 saturated carbocycles. The molecule has 3 rings (SSSR count). The highest BCUT2D eigenvalue weighted by atomic mass is 19.1. The van der Waals surface area contributed by atoms with Crippen LogP contribution in [0.3, 0.4) is 0 Å². The van der Waals surface area contributed by atoms with E-state index in [4.69, 9.17) is 11.6 Å². The number of aldehydes is 1. The maximum absolute atomic E-state index is 13.0. The summed E-state index contributed by atoms with van der Waals surface area (Å²) in [5, 5.41) is 1.42. The fourth-order valence-corrected chi connectivity index (χ4v) is 2.44. The second kappa shape index (κ2) is 7.11. The first-order valence-corrected chi connectivity index (χ1v) is 7.65. The molecule has 1 aromatic heterocycles. The molecule has 3 aromatic rings. The molecular formula is C19H17FN4O. The van der Waals surface area contributed by atoms with Crippen molar-refractivity contribution < 1.29 is 9.18 Å². The molecule has 1 heterocycles. The van der Waals surface area contributed by atoms with Crippen molar-refractivity contribution in [2.45, 2.75) is 6.54 Å². The van der Waals surface area contributed by atoms with E-state index in [-0.39, 0.29) is 5.82 Å². The van der Waals surface area contributed by atoms with Crippen LogP contribution in [0.25, 0.3) is 11.3 Å². The van der Waals surface area contributed by atoms with Gasteiger partial charge in [0.05, 0.1) is 17.9 Å². The SMILES string of the molecule is Nc1ccc(-c2ccc(C=O)cc2)nc1N(N)Cc1ccc(F)cc1. The number of carbonyl (C=O) groups excluding carboxylic acids is 1. The van der Waals surface area contributed by atoms with Crippen LogP contribution in [0.1, 0.15) is 15.9 Å². The van der Waals surface area contributed by atoms with Crippen LogP contribution in [0.2, 0.25) is 0 Å². The Hall–Kier alpha value is -3.25. The molecule has 0 saturated heterocycles. The van der Waals surface area contributed by atoms with Gasteiger partial charge in [-0.25, -0.2) is 15.2 Å². The lowest BCUT2D eigenvalue weighted by molar-refractivity contribution is 0.112. The zero-order valence-corrected chi connectivity index (χ0v) is 13.4. The Labute approximate surface area is 144 Å².